The maximum absolute atomic E-state index is 4.79. The van der Waals surface area contributed by atoms with Gasteiger partial charge in [0.2, 0.25) is 0 Å². The number of nitrogens with zero attached hydrogens (tertiary/aromatic N) is 5. The SMILES string of the molecule is Cn1c(CN2CCc3nc(-c4cccnc4)ncc3C2)cc2ccccc21. The first-order valence-electron chi connectivity index (χ1n) is 9.29. The molecule has 0 aliphatic carbocycles. The fourth-order valence-electron chi connectivity index (χ4n) is 3.87. The van der Waals surface area contributed by atoms with Crippen molar-refractivity contribution in [3.8, 4) is 11.4 Å². The molecule has 0 radical (unpaired) electrons. The van der Waals surface area contributed by atoms with Gasteiger partial charge in [-0.15, -0.1) is 0 Å². The Balaban J connectivity index is 1.37. The molecule has 5 heteroatoms. The third kappa shape index (κ3) is 3.00. The Hall–Kier alpha value is -3.05. The van der Waals surface area contributed by atoms with Gasteiger partial charge in [0.05, 0.1) is 5.69 Å². The Kier molecular flexibility index (Phi) is 3.94. The van der Waals surface area contributed by atoms with Crippen molar-refractivity contribution in [3.05, 3.63) is 78.0 Å². The van der Waals surface area contributed by atoms with Crippen LogP contribution in [0.3, 0.4) is 0 Å². The molecule has 0 spiro atoms. The van der Waals surface area contributed by atoms with Gasteiger partial charge in [-0.1, -0.05) is 18.2 Å². The minimum absolute atomic E-state index is 0.768. The van der Waals surface area contributed by atoms with Crippen molar-refractivity contribution in [2.75, 3.05) is 6.54 Å². The normalized spacial score (nSPS) is 14.4. The highest BCUT2D eigenvalue weighted by molar-refractivity contribution is 5.81. The van der Waals surface area contributed by atoms with Crippen LogP contribution in [0.25, 0.3) is 22.3 Å². The summed E-state index contributed by atoms with van der Waals surface area (Å²) in [5.74, 6) is 0.768. The van der Waals surface area contributed by atoms with E-state index in [9.17, 15) is 0 Å². The topological polar surface area (TPSA) is 46.8 Å². The smallest absolute Gasteiger partial charge is 0.160 e. The third-order valence-corrected chi connectivity index (χ3v) is 5.37. The monoisotopic (exact) mass is 355 g/mol. The van der Waals surface area contributed by atoms with Crippen LogP contribution in [-0.2, 0) is 26.6 Å². The van der Waals surface area contributed by atoms with E-state index < -0.39 is 0 Å². The molecule has 4 heterocycles. The van der Waals surface area contributed by atoms with Crippen LogP contribution in [0.5, 0.6) is 0 Å². The molecule has 5 nitrogen and oxygen atoms in total. The fraction of sp³-hybridized carbons (Fsp3) is 0.227. The second kappa shape index (κ2) is 6.59. The highest BCUT2D eigenvalue weighted by Crippen LogP contribution is 2.24. The molecule has 0 bridgehead atoms. The van der Waals surface area contributed by atoms with Gasteiger partial charge in [-0.2, -0.15) is 0 Å². The van der Waals surface area contributed by atoms with Gasteiger partial charge >= 0.3 is 0 Å². The zero-order valence-corrected chi connectivity index (χ0v) is 15.3. The molecule has 1 aliphatic rings. The number of aromatic nitrogens is 4. The number of benzene rings is 1. The van der Waals surface area contributed by atoms with Crippen molar-refractivity contribution in [2.24, 2.45) is 7.05 Å². The quantitative estimate of drug-likeness (QED) is 0.563. The van der Waals surface area contributed by atoms with E-state index in [2.05, 4.69) is 56.8 Å². The molecule has 0 fully saturated rings. The number of fused-ring (bicyclic) bond motifs is 2. The second-order valence-electron chi connectivity index (χ2n) is 7.12. The van der Waals surface area contributed by atoms with Crippen molar-refractivity contribution in [1.29, 1.82) is 0 Å². The van der Waals surface area contributed by atoms with Crippen LogP contribution in [0.15, 0.2) is 61.1 Å². The molecule has 27 heavy (non-hydrogen) atoms. The summed E-state index contributed by atoms with van der Waals surface area (Å²) in [7, 11) is 2.15. The summed E-state index contributed by atoms with van der Waals surface area (Å²) in [5, 5.41) is 1.30. The number of pyridine rings is 1. The number of para-hydroxylation sites is 1. The minimum Gasteiger partial charge on any atom is -0.346 e. The van der Waals surface area contributed by atoms with E-state index in [1.54, 1.807) is 6.20 Å². The Bertz CT molecular complexity index is 1100. The van der Waals surface area contributed by atoms with Crippen LogP contribution in [0.2, 0.25) is 0 Å². The van der Waals surface area contributed by atoms with E-state index in [1.807, 2.05) is 24.5 Å². The summed E-state index contributed by atoms with van der Waals surface area (Å²) in [4.78, 5) is 16.0. The van der Waals surface area contributed by atoms with Gasteiger partial charge < -0.3 is 4.57 Å². The van der Waals surface area contributed by atoms with Crippen molar-refractivity contribution in [1.82, 2.24) is 24.4 Å². The van der Waals surface area contributed by atoms with Crippen molar-refractivity contribution >= 4 is 10.9 Å². The van der Waals surface area contributed by atoms with Gasteiger partial charge in [-0.25, -0.2) is 9.97 Å². The molecular weight excluding hydrogens is 334 g/mol. The summed E-state index contributed by atoms with van der Waals surface area (Å²) >= 11 is 0. The van der Waals surface area contributed by atoms with E-state index in [1.165, 1.54) is 22.2 Å². The lowest BCUT2D eigenvalue weighted by Gasteiger charge is -2.28. The number of hydrogen-bond acceptors (Lipinski definition) is 4. The molecule has 4 aromatic rings. The Labute approximate surface area is 158 Å². The highest BCUT2D eigenvalue weighted by atomic mass is 15.2. The number of rotatable bonds is 3. The van der Waals surface area contributed by atoms with Crippen molar-refractivity contribution in [3.63, 3.8) is 0 Å². The first-order valence-corrected chi connectivity index (χ1v) is 9.29. The van der Waals surface area contributed by atoms with Gasteiger partial charge in [0.1, 0.15) is 0 Å². The first kappa shape index (κ1) is 16.1. The standard InChI is InChI=1S/C22H21N5/c1-26-19(11-16-5-2-3-7-21(16)26)15-27-10-8-20-18(14-27)13-24-22(25-20)17-6-4-9-23-12-17/h2-7,9,11-13H,8,10,14-15H2,1H3. The molecule has 134 valence electrons. The lowest BCUT2D eigenvalue weighted by Crippen LogP contribution is -2.31. The van der Waals surface area contributed by atoms with Crippen LogP contribution >= 0.6 is 0 Å². The van der Waals surface area contributed by atoms with Crippen LogP contribution in [-0.4, -0.2) is 31.0 Å². The van der Waals surface area contributed by atoms with E-state index in [0.29, 0.717) is 0 Å². The van der Waals surface area contributed by atoms with Gasteiger partial charge in [0.15, 0.2) is 5.82 Å². The minimum atomic E-state index is 0.768. The largest absolute Gasteiger partial charge is 0.346 e. The lowest BCUT2D eigenvalue weighted by molar-refractivity contribution is 0.238. The van der Waals surface area contributed by atoms with Crippen LogP contribution < -0.4 is 0 Å². The van der Waals surface area contributed by atoms with E-state index in [4.69, 9.17) is 4.98 Å². The molecule has 0 unspecified atom stereocenters. The van der Waals surface area contributed by atoms with Crippen molar-refractivity contribution < 1.29 is 0 Å². The van der Waals surface area contributed by atoms with E-state index in [-0.39, 0.29) is 0 Å². The lowest BCUT2D eigenvalue weighted by atomic mass is 10.1. The molecule has 0 saturated heterocycles. The highest BCUT2D eigenvalue weighted by Gasteiger charge is 2.20. The molecule has 1 aliphatic heterocycles. The summed E-state index contributed by atoms with van der Waals surface area (Å²) in [6.45, 7) is 2.84. The molecule has 0 amide bonds. The maximum atomic E-state index is 4.79. The Morgan fingerprint density at radius 2 is 2.00 bits per heavy atom. The molecule has 1 aromatic carbocycles. The van der Waals surface area contributed by atoms with Gasteiger partial charge in [0, 0.05) is 74.0 Å². The molecule has 5 rings (SSSR count). The Morgan fingerprint density at radius 3 is 2.85 bits per heavy atom. The summed E-state index contributed by atoms with van der Waals surface area (Å²) in [6, 6.07) is 14.8. The molecule has 3 aromatic heterocycles. The predicted octanol–water partition coefficient (Wildman–Crippen LogP) is 3.59. The number of hydrogen-bond donors (Lipinski definition) is 0. The summed E-state index contributed by atoms with van der Waals surface area (Å²) in [5.41, 5.74) is 5.99. The maximum Gasteiger partial charge on any atom is 0.160 e. The van der Waals surface area contributed by atoms with Crippen LogP contribution in [0.1, 0.15) is 17.0 Å². The third-order valence-electron chi connectivity index (χ3n) is 5.37. The van der Waals surface area contributed by atoms with Crippen molar-refractivity contribution in [2.45, 2.75) is 19.5 Å². The zero-order valence-electron chi connectivity index (χ0n) is 15.3. The first-order chi connectivity index (χ1) is 13.3. The summed E-state index contributed by atoms with van der Waals surface area (Å²) in [6.07, 6.45) is 6.52. The van der Waals surface area contributed by atoms with Gasteiger partial charge in [-0.3, -0.25) is 9.88 Å². The van der Waals surface area contributed by atoms with Gasteiger partial charge in [0.25, 0.3) is 0 Å². The fourth-order valence-corrected chi connectivity index (χ4v) is 3.87. The summed E-state index contributed by atoms with van der Waals surface area (Å²) < 4.78 is 2.30. The molecule has 0 atom stereocenters. The zero-order chi connectivity index (χ0) is 18.2. The molecule has 0 N–H and O–H groups in total. The van der Waals surface area contributed by atoms with E-state index in [0.717, 1.165) is 43.1 Å². The second-order valence-corrected chi connectivity index (χ2v) is 7.12. The Morgan fingerprint density at radius 1 is 1.07 bits per heavy atom. The average molecular weight is 355 g/mol. The predicted molar refractivity (Wildman–Crippen MR) is 106 cm³/mol. The van der Waals surface area contributed by atoms with Gasteiger partial charge in [-0.05, 0) is 29.7 Å². The van der Waals surface area contributed by atoms with Crippen LogP contribution in [0.4, 0.5) is 0 Å². The molecule has 0 saturated carbocycles. The molecular formula is C22H21N5. The number of aryl methyl sites for hydroxylation is 1. The average Bonchev–Trinajstić information content (AvgIpc) is 3.04. The van der Waals surface area contributed by atoms with Crippen LogP contribution in [0, 0.1) is 0 Å². The van der Waals surface area contributed by atoms with E-state index >= 15 is 0 Å².